The average molecular weight is 806 g/mol. The minimum absolute atomic E-state index is 0.000409. The Labute approximate surface area is 337 Å². The summed E-state index contributed by atoms with van der Waals surface area (Å²) in [4.78, 5) is 24.3. The fourth-order valence-electron chi connectivity index (χ4n) is 8.43. The van der Waals surface area contributed by atoms with E-state index in [1.165, 1.54) is 0 Å². The lowest BCUT2D eigenvalue weighted by Gasteiger charge is -2.60. The molecule has 56 heavy (non-hydrogen) atoms. The number of hydrogen-bond donors (Lipinski definition) is 3. The zero-order valence-electron chi connectivity index (χ0n) is 33.5. The Hall–Kier alpha value is -2.91. The second kappa shape index (κ2) is 21.2. The van der Waals surface area contributed by atoms with Crippen LogP contribution in [0.3, 0.4) is 0 Å². The summed E-state index contributed by atoms with van der Waals surface area (Å²) in [7, 11) is 0. The van der Waals surface area contributed by atoms with Gasteiger partial charge in [-0.3, -0.25) is 9.80 Å². The highest BCUT2D eigenvalue weighted by atomic mass is 35.5. The molecule has 6 unspecified atom stereocenters. The van der Waals surface area contributed by atoms with Crippen LogP contribution in [0.4, 0.5) is 4.79 Å². The number of hydrogen-bond acceptors (Lipinski definition) is 12. The number of fused-ring (bicyclic) bond motifs is 2. The SMILES string of the molecule is C=CCOC12Oc3ccc(OCCN4CC4)cc3C3C(CCCCO)C(CCCCO)C=C(C(=NOC(C)(C)C)CC1N(CCOCCO)C(=O)OCCCl)C32. The van der Waals surface area contributed by atoms with Gasteiger partial charge in [0.15, 0.2) is 0 Å². The van der Waals surface area contributed by atoms with Crippen molar-refractivity contribution in [1.82, 2.24) is 9.80 Å². The maximum atomic E-state index is 14.2. The predicted octanol–water partition coefficient (Wildman–Crippen LogP) is 5.50. The van der Waals surface area contributed by atoms with Gasteiger partial charge < -0.3 is 43.8 Å². The van der Waals surface area contributed by atoms with Crippen LogP contribution in [0.15, 0.2) is 47.7 Å². The van der Waals surface area contributed by atoms with Gasteiger partial charge in [-0.25, -0.2) is 4.79 Å². The molecule has 5 rings (SSSR count). The molecule has 13 nitrogen and oxygen atoms in total. The number of nitrogens with zero attached hydrogens (tertiary/aromatic N) is 3. The van der Waals surface area contributed by atoms with Gasteiger partial charge in [-0.05, 0) is 82.1 Å². The fourth-order valence-corrected chi connectivity index (χ4v) is 8.51. The number of rotatable bonds is 24. The molecule has 0 radical (unpaired) electrons. The van der Waals surface area contributed by atoms with Crippen LogP contribution in [0.5, 0.6) is 11.5 Å². The van der Waals surface area contributed by atoms with E-state index in [1.807, 2.05) is 32.9 Å². The third-order valence-electron chi connectivity index (χ3n) is 10.9. The molecular formula is C42H64ClN3O10. The first-order valence-corrected chi connectivity index (χ1v) is 20.9. The summed E-state index contributed by atoms with van der Waals surface area (Å²) in [5, 5.41) is 34.0. The largest absolute Gasteiger partial charge is 0.492 e. The van der Waals surface area contributed by atoms with Crippen molar-refractivity contribution in [1.29, 1.82) is 0 Å². The molecule has 4 aliphatic rings. The molecule has 0 spiro atoms. The van der Waals surface area contributed by atoms with E-state index >= 15 is 0 Å². The lowest BCUT2D eigenvalue weighted by molar-refractivity contribution is -0.256. The molecule has 1 aromatic rings. The molecule has 2 aliphatic heterocycles. The highest BCUT2D eigenvalue weighted by Crippen LogP contribution is 2.62. The number of benzene rings is 1. The molecule has 6 atom stereocenters. The molecular weight excluding hydrogens is 742 g/mol. The van der Waals surface area contributed by atoms with E-state index in [4.69, 9.17) is 45.3 Å². The van der Waals surface area contributed by atoms with Crippen LogP contribution in [0.1, 0.15) is 77.2 Å². The normalized spacial score (nSPS) is 26.1. The van der Waals surface area contributed by atoms with E-state index in [2.05, 4.69) is 23.6 Å². The van der Waals surface area contributed by atoms with Crippen LogP contribution in [0, 0.1) is 17.8 Å². The van der Waals surface area contributed by atoms with Gasteiger partial charge in [0.1, 0.15) is 36.4 Å². The van der Waals surface area contributed by atoms with Gasteiger partial charge in [0.25, 0.3) is 0 Å². The molecule has 14 heteroatoms. The lowest BCUT2D eigenvalue weighted by Crippen LogP contribution is -2.70. The van der Waals surface area contributed by atoms with Crippen LogP contribution < -0.4 is 9.47 Å². The molecule has 2 aliphatic carbocycles. The summed E-state index contributed by atoms with van der Waals surface area (Å²) in [6.07, 6.45) is 8.26. The number of unbranched alkanes of at least 4 members (excludes halogenated alkanes) is 2. The van der Waals surface area contributed by atoms with E-state index in [9.17, 15) is 20.1 Å². The van der Waals surface area contributed by atoms with E-state index < -0.39 is 29.4 Å². The number of aliphatic hydroxyl groups excluding tert-OH is 3. The minimum Gasteiger partial charge on any atom is -0.492 e. The Bertz CT molecular complexity index is 1480. The third kappa shape index (κ3) is 11.2. The van der Waals surface area contributed by atoms with Gasteiger partial charge in [0.05, 0.1) is 43.9 Å². The zero-order valence-corrected chi connectivity index (χ0v) is 34.3. The standard InChI is InChI=1S/C42H64ClN3O10/c1-5-22-54-42-37(46(18-24-51-26-21-49)40(50)53-23-14-43)29-35(44-56-41(2,3)4)33-27-30(10-6-8-19-47)32(11-7-9-20-48)38(39(33)42)34-28-31(12-13-36(34)55-42)52-25-17-45-15-16-45/h5,12-13,27-28,30,32,37-39,47-49H,1,6-11,14-26,29H2,2-4H3. The van der Waals surface area contributed by atoms with Crippen molar-refractivity contribution in [3.05, 3.63) is 48.1 Å². The number of oxime groups is 1. The fraction of sp³-hybridized carbons (Fsp3) is 0.714. The van der Waals surface area contributed by atoms with E-state index in [0.29, 0.717) is 30.9 Å². The molecule has 0 bridgehead atoms. The van der Waals surface area contributed by atoms with Gasteiger partial charge in [0.2, 0.25) is 5.79 Å². The van der Waals surface area contributed by atoms with E-state index in [-0.39, 0.29) is 82.8 Å². The van der Waals surface area contributed by atoms with Crippen LogP contribution >= 0.6 is 11.6 Å². The first-order valence-electron chi connectivity index (χ1n) is 20.4. The summed E-state index contributed by atoms with van der Waals surface area (Å²) in [5.41, 5.74) is 2.01. The Kier molecular flexibility index (Phi) is 16.7. The third-order valence-corrected chi connectivity index (χ3v) is 11.1. The number of ether oxygens (including phenoxy) is 5. The quantitative estimate of drug-likeness (QED) is 0.0400. The van der Waals surface area contributed by atoms with Crippen molar-refractivity contribution in [3.8, 4) is 11.5 Å². The van der Waals surface area contributed by atoms with Crippen molar-refractivity contribution in [2.75, 3.05) is 84.9 Å². The summed E-state index contributed by atoms with van der Waals surface area (Å²) in [6.45, 7) is 13.9. The van der Waals surface area contributed by atoms with Crippen LogP contribution in [0.2, 0.25) is 0 Å². The van der Waals surface area contributed by atoms with Crippen molar-refractivity contribution in [3.63, 3.8) is 0 Å². The number of amides is 1. The molecule has 0 aromatic heterocycles. The minimum atomic E-state index is -1.44. The molecule has 2 heterocycles. The second-order valence-electron chi connectivity index (χ2n) is 16.0. The predicted molar refractivity (Wildman–Crippen MR) is 214 cm³/mol. The summed E-state index contributed by atoms with van der Waals surface area (Å²) in [6, 6.07) is 5.20. The van der Waals surface area contributed by atoms with Crippen LogP contribution in [-0.2, 0) is 19.0 Å². The van der Waals surface area contributed by atoms with Gasteiger partial charge >= 0.3 is 6.09 Å². The lowest BCUT2D eigenvalue weighted by atomic mass is 9.55. The van der Waals surface area contributed by atoms with Crippen molar-refractivity contribution < 1.29 is 48.6 Å². The second-order valence-corrected chi connectivity index (χ2v) is 16.4. The van der Waals surface area contributed by atoms with Crippen molar-refractivity contribution >= 4 is 23.4 Å². The number of alkyl halides is 1. The topological polar surface area (TPSA) is 152 Å². The first kappa shape index (κ1) is 44.2. The Morgan fingerprint density at radius 2 is 1.84 bits per heavy atom. The Morgan fingerprint density at radius 1 is 1.07 bits per heavy atom. The maximum Gasteiger partial charge on any atom is 0.410 e. The number of carbonyl (C=O) groups is 1. The molecule has 3 N–H and O–H groups in total. The number of allylic oxidation sites excluding steroid dienone is 1. The van der Waals surface area contributed by atoms with E-state index in [1.54, 1.807) is 11.0 Å². The molecule has 1 saturated carbocycles. The highest BCUT2D eigenvalue weighted by molar-refractivity contribution is 6.18. The van der Waals surface area contributed by atoms with Crippen LogP contribution in [0.25, 0.3) is 0 Å². The van der Waals surface area contributed by atoms with Crippen molar-refractivity contribution in [2.24, 2.45) is 22.9 Å². The van der Waals surface area contributed by atoms with Crippen LogP contribution in [-0.4, -0.2) is 139 Å². The zero-order chi connectivity index (χ0) is 40.1. The molecule has 1 aromatic carbocycles. The van der Waals surface area contributed by atoms with Gasteiger partial charge in [-0.1, -0.05) is 30.1 Å². The molecule has 2 fully saturated rings. The highest BCUT2D eigenvalue weighted by Gasteiger charge is 2.65. The summed E-state index contributed by atoms with van der Waals surface area (Å²) < 4.78 is 32.0. The summed E-state index contributed by atoms with van der Waals surface area (Å²) in [5.74, 6) is -0.429. The smallest absolute Gasteiger partial charge is 0.410 e. The number of carbonyl (C=O) groups excluding carboxylic acids is 1. The monoisotopic (exact) mass is 805 g/mol. The molecule has 314 valence electrons. The summed E-state index contributed by atoms with van der Waals surface area (Å²) >= 11 is 6.01. The number of halogens is 1. The molecule has 1 saturated heterocycles. The Balaban J connectivity index is 1.74. The average Bonchev–Trinajstić information content (AvgIpc) is 4.01. The number of aliphatic hydroxyl groups is 3. The molecule has 1 amide bonds. The van der Waals surface area contributed by atoms with E-state index in [0.717, 1.165) is 62.2 Å². The van der Waals surface area contributed by atoms with Gasteiger partial charge in [-0.2, -0.15) is 0 Å². The van der Waals surface area contributed by atoms with Crippen molar-refractivity contribution in [2.45, 2.75) is 89.1 Å². The Morgan fingerprint density at radius 3 is 2.52 bits per heavy atom. The van der Waals surface area contributed by atoms with Gasteiger partial charge in [0, 0.05) is 57.3 Å². The van der Waals surface area contributed by atoms with Gasteiger partial charge in [-0.15, -0.1) is 18.2 Å². The maximum absolute atomic E-state index is 14.2. The first-order chi connectivity index (χ1) is 27.1.